The molecular formula is C11H16N2O2. The molecule has 1 rings (SSSR count). The lowest BCUT2D eigenvalue weighted by molar-refractivity contribution is -0.120. The molecule has 1 aromatic carbocycles. The quantitative estimate of drug-likeness (QED) is 0.707. The van der Waals surface area contributed by atoms with Crippen LogP contribution in [0.2, 0.25) is 0 Å². The second-order valence-corrected chi connectivity index (χ2v) is 3.20. The normalized spacial score (nSPS) is 10.0. The summed E-state index contributed by atoms with van der Waals surface area (Å²) in [6.07, 6.45) is 0. The fraction of sp³-hybridized carbons (Fsp3) is 0.364. The van der Waals surface area contributed by atoms with Gasteiger partial charge in [-0.1, -0.05) is 18.2 Å². The highest BCUT2D eigenvalue weighted by Crippen LogP contribution is 2.12. The van der Waals surface area contributed by atoms with Crippen LogP contribution in [-0.2, 0) is 9.53 Å². The molecule has 0 aliphatic carbocycles. The summed E-state index contributed by atoms with van der Waals surface area (Å²) in [7, 11) is 0. The molecule has 1 amide bonds. The molecule has 82 valence electrons. The Labute approximate surface area is 89.4 Å². The Morgan fingerprint density at radius 2 is 2.20 bits per heavy atom. The third kappa shape index (κ3) is 4.10. The summed E-state index contributed by atoms with van der Waals surface area (Å²) in [5.41, 5.74) is 7.09. The molecule has 0 spiro atoms. The van der Waals surface area contributed by atoms with E-state index in [-0.39, 0.29) is 12.5 Å². The van der Waals surface area contributed by atoms with Gasteiger partial charge in [-0.2, -0.15) is 0 Å². The Kier molecular flexibility index (Phi) is 4.80. The average molecular weight is 208 g/mol. The summed E-state index contributed by atoms with van der Waals surface area (Å²) in [4.78, 5) is 11.4. The first-order valence-corrected chi connectivity index (χ1v) is 4.87. The van der Waals surface area contributed by atoms with Crippen LogP contribution in [0.5, 0.6) is 0 Å². The maximum atomic E-state index is 11.4. The Morgan fingerprint density at radius 3 is 2.87 bits per heavy atom. The van der Waals surface area contributed by atoms with E-state index in [1.165, 1.54) is 0 Å². The average Bonchev–Trinajstić information content (AvgIpc) is 2.22. The second-order valence-electron chi connectivity index (χ2n) is 3.20. The minimum Gasteiger partial charge on any atom is -0.370 e. The zero-order valence-electron chi connectivity index (χ0n) is 8.82. The van der Waals surface area contributed by atoms with Gasteiger partial charge in [0.1, 0.15) is 6.61 Å². The van der Waals surface area contributed by atoms with Crippen molar-refractivity contribution in [1.82, 2.24) is 0 Å². The van der Waals surface area contributed by atoms with E-state index in [9.17, 15) is 4.79 Å². The van der Waals surface area contributed by atoms with Gasteiger partial charge < -0.3 is 15.8 Å². The van der Waals surface area contributed by atoms with Gasteiger partial charge in [0, 0.05) is 12.2 Å². The highest BCUT2D eigenvalue weighted by Gasteiger charge is 2.03. The van der Waals surface area contributed by atoms with E-state index in [1.54, 1.807) is 0 Å². The SMILES string of the molecule is Cc1ccccc1NC(=O)COCCN. The largest absolute Gasteiger partial charge is 0.370 e. The molecule has 0 saturated heterocycles. The minimum absolute atomic E-state index is 0.0472. The smallest absolute Gasteiger partial charge is 0.250 e. The van der Waals surface area contributed by atoms with Crippen LogP contribution >= 0.6 is 0 Å². The van der Waals surface area contributed by atoms with Crippen molar-refractivity contribution < 1.29 is 9.53 Å². The molecular weight excluding hydrogens is 192 g/mol. The van der Waals surface area contributed by atoms with Gasteiger partial charge in [0.05, 0.1) is 6.61 Å². The summed E-state index contributed by atoms with van der Waals surface area (Å²) in [5, 5.41) is 2.76. The minimum atomic E-state index is -0.155. The number of amides is 1. The van der Waals surface area contributed by atoms with Gasteiger partial charge in [0.2, 0.25) is 5.91 Å². The van der Waals surface area contributed by atoms with Gasteiger partial charge in [-0.05, 0) is 18.6 Å². The Bertz CT molecular complexity index is 326. The highest BCUT2D eigenvalue weighted by atomic mass is 16.5. The second kappa shape index (κ2) is 6.16. The monoisotopic (exact) mass is 208 g/mol. The van der Waals surface area contributed by atoms with Crippen LogP contribution in [0.3, 0.4) is 0 Å². The van der Waals surface area contributed by atoms with Gasteiger partial charge in [-0.3, -0.25) is 4.79 Å². The summed E-state index contributed by atoms with van der Waals surface area (Å²) in [5.74, 6) is -0.155. The maximum absolute atomic E-state index is 11.4. The molecule has 1 aromatic rings. The molecule has 0 saturated carbocycles. The fourth-order valence-electron chi connectivity index (χ4n) is 1.15. The van der Waals surface area contributed by atoms with Crippen molar-refractivity contribution in [3.05, 3.63) is 29.8 Å². The molecule has 0 unspecified atom stereocenters. The topological polar surface area (TPSA) is 64.3 Å². The van der Waals surface area contributed by atoms with Gasteiger partial charge >= 0.3 is 0 Å². The molecule has 0 aliphatic rings. The summed E-state index contributed by atoms with van der Waals surface area (Å²) in [6.45, 7) is 2.82. The highest BCUT2D eigenvalue weighted by molar-refractivity contribution is 5.92. The number of ether oxygens (including phenoxy) is 1. The molecule has 4 nitrogen and oxygen atoms in total. The van der Waals surface area contributed by atoms with E-state index in [2.05, 4.69) is 5.32 Å². The number of hydrogen-bond donors (Lipinski definition) is 2. The van der Waals surface area contributed by atoms with Crippen LogP contribution in [0.1, 0.15) is 5.56 Å². The maximum Gasteiger partial charge on any atom is 0.250 e. The lowest BCUT2D eigenvalue weighted by atomic mass is 10.2. The Morgan fingerprint density at radius 1 is 1.47 bits per heavy atom. The number of nitrogens with two attached hydrogens (primary N) is 1. The summed E-state index contributed by atoms with van der Waals surface area (Å²) < 4.78 is 5.02. The third-order valence-electron chi connectivity index (χ3n) is 1.91. The van der Waals surface area contributed by atoms with Crippen molar-refractivity contribution in [3.63, 3.8) is 0 Å². The number of hydrogen-bond acceptors (Lipinski definition) is 3. The number of carbonyl (C=O) groups excluding carboxylic acids is 1. The third-order valence-corrected chi connectivity index (χ3v) is 1.91. The molecule has 0 heterocycles. The van der Waals surface area contributed by atoms with Crippen LogP contribution < -0.4 is 11.1 Å². The molecule has 0 aromatic heterocycles. The lowest BCUT2D eigenvalue weighted by Crippen LogP contribution is -2.21. The number of aryl methyl sites for hydroxylation is 1. The van der Waals surface area contributed by atoms with Gasteiger partial charge in [-0.15, -0.1) is 0 Å². The summed E-state index contributed by atoms with van der Waals surface area (Å²) >= 11 is 0. The van der Waals surface area contributed by atoms with E-state index < -0.39 is 0 Å². The zero-order valence-corrected chi connectivity index (χ0v) is 8.82. The van der Waals surface area contributed by atoms with Crippen LogP contribution in [0.4, 0.5) is 5.69 Å². The lowest BCUT2D eigenvalue weighted by Gasteiger charge is -2.07. The standard InChI is InChI=1S/C11H16N2O2/c1-9-4-2-3-5-10(9)13-11(14)8-15-7-6-12/h2-5H,6-8,12H2,1H3,(H,13,14). The Balaban J connectivity index is 2.41. The van der Waals surface area contributed by atoms with Crippen molar-refractivity contribution in [2.75, 3.05) is 25.1 Å². The van der Waals surface area contributed by atoms with Crippen molar-refractivity contribution in [2.45, 2.75) is 6.92 Å². The molecule has 0 bridgehead atoms. The van der Waals surface area contributed by atoms with E-state index >= 15 is 0 Å². The number of rotatable bonds is 5. The van der Waals surface area contributed by atoms with Gasteiger partial charge in [0.25, 0.3) is 0 Å². The molecule has 0 fully saturated rings. The van der Waals surface area contributed by atoms with Crippen LogP contribution in [0.25, 0.3) is 0 Å². The molecule has 15 heavy (non-hydrogen) atoms. The predicted octanol–water partition coefficient (Wildman–Crippen LogP) is 0.909. The van der Waals surface area contributed by atoms with Crippen LogP contribution in [0.15, 0.2) is 24.3 Å². The van der Waals surface area contributed by atoms with E-state index in [4.69, 9.17) is 10.5 Å². The van der Waals surface area contributed by atoms with E-state index in [0.29, 0.717) is 13.2 Å². The molecule has 4 heteroatoms. The van der Waals surface area contributed by atoms with Crippen LogP contribution in [-0.4, -0.2) is 25.7 Å². The fourth-order valence-corrected chi connectivity index (χ4v) is 1.15. The molecule has 0 radical (unpaired) electrons. The number of para-hydroxylation sites is 1. The van der Waals surface area contributed by atoms with Crippen molar-refractivity contribution in [2.24, 2.45) is 5.73 Å². The molecule has 0 atom stereocenters. The predicted molar refractivity (Wildman–Crippen MR) is 59.7 cm³/mol. The number of benzene rings is 1. The van der Waals surface area contributed by atoms with Crippen molar-refractivity contribution >= 4 is 11.6 Å². The zero-order chi connectivity index (χ0) is 11.1. The molecule has 0 aliphatic heterocycles. The number of anilines is 1. The number of nitrogens with one attached hydrogen (secondary N) is 1. The first-order valence-electron chi connectivity index (χ1n) is 4.87. The summed E-state index contributed by atoms with van der Waals surface area (Å²) in [6, 6.07) is 7.60. The van der Waals surface area contributed by atoms with Gasteiger partial charge in [-0.25, -0.2) is 0 Å². The van der Waals surface area contributed by atoms with E-state index in [0.717, 1.165) is 11.3 Å². The van der Waals surface area contributed by atoms with Crippen LogP contribution in [0, 0.1) is 6.92 Å². The molecule has 3 N–H and O–H groups in total. The van der Waals surface area contributed by atoms with Crippen molar-refractivity contribution in [3.8, 4) is 0 Å². The number of carbonyl (C=O) groups is 1. The first-order chi connectivity index (χ1) is 7.24. The van der Waals surface area contributed by atoms with Gasteiger partial charge in [0.15, 0.2) is 0 Å². The first kappa shape index (κ1) is 11.7. The van der Waals surface area contributed by atoms with Crippen molar-refractivity contribution in [1.29, 1.82) is 0 Å². The Hall–Kier alpha value is -1.39. The van der Waals surface area contributed by atoms with E-state index in [1.807, 2.05) is 31.2 Å².